The number of hydrogen-bond donors (Lipinski definition) is 2. The van der Waals surface area contributed by atoms with Crippen LogP contribution in [0.15, 0.2) is 5.10 Å². The number of nitrogens with one attached hydrogen (secondary N) is 2. The van der Waals surface area contributed by atoms with Gasteiger partial charge in [-0.2, -0.15) is 0 Å². The smallest absolute Gasteiger partial charge is 0.203 e. The highest BCUT2D eigenvalue weighted by Crippen LogP contribution is 1.90. The zero-order valence-electron chi connectivity index (χ0n) is 6.97. The van der Waals surface area contributed by atoms with Crippen LogP contribution in [-0.4, -0.2) is 23.9 Å². The molecule has 0 rings (SSSR count). The normalized spacial score (nSPS) is 11.0. The van der Waals surface area contributed by atoms with Gasteiger partial charge in [0, 0.05) is 6.92 Å². The lowest BCUT2D eigenvalue weighted by atomic mass is 10.7. The van der Waals surface area contributed by atoms with Gasteiger partial charge in [-0.1, -0.05) is 11.8 Å². The van der Waals surface area contributed by atoms with Crippen molar-refractivity contribution in [2.45, 2.75) is 13.8 Å². The predicted molar refractivity (Wildman–Crippen MR) is 49.1 cm³/mol. The molecule has 0 saturated heterocycles. The molecule has 0 aromatic heterocycles. The summed E-state index contributed by atoms with van der Waals surface area (Å²) in [5.74, 6) is 0.548. The molecule has 5 heteroatoms. The lowest BCUT2D eigenvalue weighted by molar-refractivity contribution is 0.322. The molecule has 0 heterocycles. The maximum absolute atomic E-state index is 7.15. The zero-order chi connectivity index (χ0) is 8.69. The monoisotopic (exact) mass is 175 g/mol. The molecule has 0 amide bonds. The minimum Gasteiger partial charge on any atom is -0.480 e. The van der Waals surface area contributed by atoms with Gasteiger partial charge in [-0.05, 0) is 13.2 Å². The van der Waals surface area contributed by atoms with Crippen molar-refractivity contribution in [3.05, 3.63) is 0 Å². The Morgan fingerprint density at radius 3 is 2.82 bits per heavy atom. The van der Waals surface area contributed by atoms with Crippen LogP contribution < -0.4 is 5.43 Å². The number of ether oxygens (including phenoxy) is 1. The van der Waals surface area contributed by atoms with Crippen LogP contribution in [0.4, 0.5) is 0 Å². The Kier molecular flexibility index (Phi) is 5.64. The first-order chi connectivity index (χ1) is 5.20. The summed E-state index contributed by atoms with van der Waals surface area (Å²) in [6.07, 6.45) is 1.81. The first kappa shape index (κ1) is 10.3. The Labute approximate surface area is 70.9 Å². The number of rotatable bonds is 2. The van der Waals surface area contributed by atoms with Crippen LogP contribution in [0.2, 0.25) is 0 Å². The van der Waals surface area contributed by atoms with Crippen molar-refractivity contribution in [1.82, 2.24) is 5.43 Å². The highest BCUT2D eigenvalue weighted by molar-refractivity contribution is 8.13. The molecular weight excluding hydrogens is 162 g/mol. The molecule has 0 aliphatic heterocycles. The molecule has 0 aromatic rings. The standard InChI is InChI=1S/C6H13N3OS/c1-4-10-5(2)8-9-6(7)11-3/h4H2,1-3H3,(H2,7,9)/b8-5-. The fourth-order valence-electron chi connectivity index (χ4n) is 0.416. The molecule has 0 bridgehead atoms. The summed E-state index contributed by atoms with van der Waals surface area (Å²) in [6.45, 7) is 4.23. The van der Waals surface area contributed by atoms with E-state index < -0.39 is 0 Å². The first-order valence-electron chi connectivity index (χ1n) is 3.26. The van der Waals surface area contributed by atoms with Crippen LogP contribution in [0.3, 0.4) is 0 Å². The topological polar surface area (TPSA) is 57.5 Å². The van der Waals surface area contributed by atoms with E-state index in [-0.39, 0.29) is 0 Å². The molecule has 4 nitrogen and oxygen atoms in total. The second-order valence-corrected chi connectivity index (χ2v) is 2.53. The van der Waals surface area contributed by atoms with Gasteiger partial charge in [-0.15, -0.1) is 5.10 Å². The Morgan fingerprint density at radius 1 is 1.73 bits per heavy atom. The van der Waals surface area contributed by atoms with E-state index in [0.29, 0.717) is 17.7 Å². The molecular formula is C6H13N3OS. The summed E-state index contributed by atoms with van der Waals surface area (Å²) < 4.78 is 5.02. The van der Waals surface area contributed by atoms with Gasteiger partial charge in [0.25, 0.3) is 0 Å². The van der Waals surface area contributed by atoms with Crippen LogP contribution in [0.25, 0.3) is 0 Å². The molecule has 0 unspecified atom stereocenters. The van der Waals surface area contributed by atoms with Gasteiger partial charge in [0.15, 0.2) is 5.17 Å². The van der Waals surface area contributed by atoms with E-state index in [1.807, 2.05) is 6.92 Å². The van der Waals surface area contributed by atoms with Crippen LogP contribution in [0, 0.1) is 5.41 Å². The number of hydrogen-bond acceptors (Lipinski definition) is 4. The van der Waals surface area contributed by atoms with E-state index in [4.69, 9.17) is 10.1 Å². The van der Waals surface area contributed by atoms with E-state index in [9.17, 15) is 0 Å². The lowest BCUT2D eigenvalue weighted by Crippen LogP contribution is -2.15. The van der Waals surface area contributed by atoms with Crippen LogP contribution in [-0.2, 0) is 4.74 Å². The van der Waals surface area contributed by atoms with Crippen LogP contribution in [0.1, 0.15) is 13.8 Å². The molecule has 0 aliphatic carbocycles. The van der Waals surface area contributed by atoms with E-state index in [0.717, 1.165) is 0 Å². The highest BCUT2D eigenvalue weighted by Gasteiger charge is 1.90. The quantitative estimate of drug-likeness (QED) is 0.377. The maximum Gasteiger partial charge on any atom is 0.203 e. The van der Waals surface area contributed by atoms with Gasteiger partial charge >= 0.3 is 0 Å². The Bertz CT molecular complexity index is 158. The fraction of sp³-hybridized carbons (Fsp3) is 0.667. The molecule has 11 heavy (non-hydrogen) atoms. The molecule has 0 atom stereocenters. The van der Waals surface area contributed by atoms with E-state index in [1.54, 1.807) is 13.2 Å². The first-order valence-corrected chi connectivity index (χ1v) is 4.48. The number of thioether (sulfide) groups is 1. The van der Waals surface area contributed by atoms with Gasteiger partial charge in [-0.3, -0.25) is 10.8 Å². The Balaban J connectivity index is 3.63. The van der Waals surface area contributed by atoms with Gasteiger partial charge in [0.2, 0.25) is 5.90 Å². The van der Waals surface area contributed by atoms with Gasteiger partial charge in [0.05, 0.1) is 6.61 Å². The third kappa shape index (κ3) is 5.72. The SMILES string of the molecule is CCO/C(C)=N\NC(=N)SC. The summed E-state index contributed by atoms with van der Waals surface area (Å²) in [5.41, 5.74) is 2.53. The lowest BCUT2D eigenvalue weighted by Gasteiger charge is -2.01. The molecule has 0 aromatic carbocycles. The van der Waals surface area contributed by atoms with Crippen LogP contribution in [0.5, 0.6) is 0 Å². The Morgan fingerprint density at radius 2 is 2.36 bits per heavy atom. The molecule has 2 N–H and O–H groups in total. The van der Waals surface area contributed by atoms with Crippen LogP contribution >= 0.6 is 11.8 Å². The van der Waals surface area contributed by atoms with Crippen molar-refractivity contribution in [2.75, 3.05) is 12.9 Å². The molecule has 0 fully saturated rings. The van der Waals surface area contributed by atoms with E-state index >= 15 is 0 Å². The average molecular weight is 175 g/mol. The molecule has 0 saturated carbocycles. The second-order valence-electron chi connectivity index (χ2n) is 1.71. The third-order valence-corrected chi connectivity index (χ3v) is 1.37. The predicted octanol–water partition coefficient (Wildman–Crippen LogP) is 1.24. The zero-order valence-corrected chi connectivity index (χ0v) is 7.79. The second kappa shape index (κ2) is 6.03. The van der Waals surface area contributed by atoms with Crippen molar-refractivity contribution in [2.24, 2.45) is 5.10 Å². The summed E-state index contributed by atoms with van der Waals surface area (Å²) in [5, 5.41) is 11.2. The van der Waals surface area contributed by atoms with Gasteiger partial charge < -0.3 is 4.74 Å². The van der Waals surface area contributed by atoms with Crippen molar-refractivity contribution < 1.29 is 4.74 Å². The molecule has 0 aliphatic rings. The number of amidine groups is 1. The summed E-state index contributed by atoms with van der Waals surface area (Å²) >= 11 is 1.29. The maximum atomic E-state index is 7.15. The highest BCUT2D eigenvalue weighted by atomic mass is 32.2. The number of nitrogens with zero attached hydrogens (tertiary/aromatic N) is 1. The fourth-order valence-corrected chi connectivity index (χ4v) is 0.553. The molecule has 0 spiro atoms. The molecule has 64 valence electrons. The molecule has 0 radical (unpaired) electrons. The van der Waals surface area contributed by atoms with E-state index in [1.165, 1.54) is 11.8 Å². The minimum atomic E-state index is 0.309. The van der Waals surface area contributed by atoms with Crippen molar-refractivity contribution in [3.63, 3.8) is 0 Å². The van der Waals surface area contributed by atoms with Crippen molar-refractivity contribution >= 4 is 22.8 Å². The third-order valence-electron chi connectivity index (χ3n) is 0.872. The largest absolute Gasteiger partial charge is 0.480 e. The summed E-state index contributed by atoms with van der Waals surface area (Å²) in [4.78, 5) is 0. The van der Waals surface area contributed by atoms with Gasteiger partial charge in [0.1, 0.15) is 0 Å². The minimum absolute atomic E-state index is 0.309. The van der Waals surface area contributed by atoms with Crippen molar-refractivity contribution in [3.8, 4) is 0 Å². The average Bonchev–Trinajstić information content (AvgIpc) is 2.01. The van der Waals surface area contributed by atoms with Gasteiger partial charge in [-0.25, -0.2) is 0 Å². The summed E-state index contributed by atoms with van der Waals surface area (Å²) in [6, 6.07) is 0. The Hall–Kier alpha value is -0.710. The van der Waals surface area contributed by atoms with E-state index in [2.05, 4.69) is 10.5 Å². The summed E-state index contributed by atoms with van der Waals surface area (Å²) in [7, 11) is 0. The van der Waals surface area contributed by atoms with Crippen molar-refractivity contribution in [1.29, 1.82) is 5.41 Å². The number of hydrazone groups is 1.